The molecule has 1 atom stereocenters. The van der Waals surface area contributed by atoms with E-state index in [1.807, 2.05) is 12.1 Å². The highest BCUT2D eigenvalue weighted by molar-refractivity contribution is 5.50. The van der Waals surface area contributed by atoms with Gasteiger partial charge in [-0.2, -0.15) is 0 Å². The molecular formula is C24H32N2O2. The molecule has 1 N–H and O–H groups in total. The van der Waals surface area contributed by atoms with Crippen molar-refractivity contribution in [3.05, 3.63) is 71.3 Å². The van der Waals surface area contributed by atoms with Crippen molar-refractivity contribution in [1.82, 2.24) is 9.80 Å². The number of piperazine rings is 1. The first-order valence-electron chi connectivity index (χ1n) is 10.1. The van der Waals surface area contributed by atoms with Crippen LogP contribution in [0.2, 0.25) is 0 Å². The van der Waals surface area contributed by atoms with E-state index < -0.39 is 0 Å². The van der Waals surface area contributed by atoms with E-state index in [2.05, 4.69) is 65.3 Å². The lowest BCUT2D eigenvalue weighted by atomic mass is 10.1. The number of nitrogens with zero attached hydrogens (tertiary/aromatic N) is 2. The van der Waals surface area contributed by atoms with Gasteiger partial charge >= 0.3 is 0 Å². The van der Waals surface area contributed by atoms with Crippen LogP contribution in [0.5, 0.6) is 5.75 Å². The molecule has 150 valence electrons. The molecule has 0 unspecified atom stereocenters. The summed E-state index contributed by atoms with van der Waals surface area (Å²) in [5.41, 5.74) is 3.83. The number of rotatable bonds is 8. The summed E-state index contributed by atoms with van der Waals surface area (Å²) in [4.78, 5) is 5.00. The largest absolute Gasteiger partial charge is 0.497 e. The van der Waals surface area contributed by atoms with Gasteiger partial charge in [0.1, 0.15) is 5.75 Å². The Labute approximate surface area is 169 Å². The maximum atomic E-state index is 9.52. The monoisotopic (exact) mass is 380 g/mol. The van der Waals surface area contributed by atoms with Crippen molar-refractivity contribution in [2.75, 3.05) is 39.9 Å². The van der Waals surface area contributed by atoms with Crippen molar-refractivity contribution >= 4 is 6.08 Å². The van der Waals surface area contributed by atoms with Crippen LogP contribution >= 0.6 is 0 Å². The Morgan fingerprint density at radius 3 is 2.50 bits per heavy atom. The average Bonchev–Trinajstić information content (AvgIpc) is 2.72. The number of aliphatic hydroxyl groups excluding tert-OH is 1. The molecule has 1 aliphatic rings. The van der Waals surface area contributed by atoms with Gasteiger partial charge in [-0.15, -0.1) is 0 Å². The number of ether oxygens (including phenoxy) is 1. The molecule has 0 bridgehead atoms. The van der Waals surface area contributed by atoms with Gasteiger partial charge in [-0.3, -0.25) is 9.80 Å². The van der Waals surface area contributed by atoms with Gasteiger partial charge in [0.15, 0.2) is 0 Å². The number of hydrogen-bond acceptors (Lipinski definition) is 4. The van der Waals surface area contributed by atoms with Crippen LogP contribution in [-0.4, -0.2) is 60.8 Å². The van der Waals surface area contributed by atoms with E-state index >= 15 is 0 Å². The quantitative estimate of drug-likeness (QED) is 0.759. The second-order valence-electron chi connectivity index (χ2n) is 7.56. The molecule has 0 aliphatic carbocycles. The summed E-state index contributed by atoms with van der Waals surface area (Å²) in [5, 5.41) is 9.52. The predicted octanol–water partition coefficient (Wildman–Crippen LogP) is 3.59. The predicted molar refractivity (Wildman–Crippen MR) is 116 cm³/mol. The second kappa shape index (κ2) is 10.4. The third-order valence-electron chi connectivity index (χ3n) is 5.45. The fraction of sp³-hybridized carbons (Fsp3) is 0.417. The zero-order valence-corrected chi connectivity index (χ0v) is 17.1. The van der Waals surface area contributed by atoms with Gasteiger partial charge in [0.05, 0.1) is 7.11 Å². The van der Waals surface area contributed by atoms with E-state index in [1.54, 1.807) is 7.11 Å². The zero-order valence-electron chi connectivity index (χ0n) is 17.1. The molecule has 1 saturated heterocycles. The standard InChI is InChI=1S/C24H32N2O2/c1-20-5-7-22(8-6-20)18-26-16-15-25(19-23(26)13-17-27)14-3-4-21-9-11-24(28-2)12-10-21/h3-12,23,27H,13-19H2,1-2H3/b4-3+/t23-/m0/s1. The van der Waals surface area contributed by atoms with E-state index in [0.717, 1.165) is 44.9 Å². The zero-order chi connectivity index (χ0) is 19.8. The Morgan fingerprint density at radius 2 is 1.82 bits per heavy atom. The summed E-state index contributed by atoms with van der Waals surface area (Å²) in [7, 11) is 1.69. The van der Waals surface area contributed by atoms with Crippen LogP contribution in [0.1, 0.15) is 23.1 Å². The van der Waals surface area contributed by atoms with Gasteiger partial charge in [-0.25, -0.2) is 0 Å². The Balaban J connectivity index is 1.53. The van der Waals surface area contributed by atoms with Crippen LogP contribution in [0.25, 0.3) is 6.08 Å². The SMILES string of the molecule is COc1ccc(/C=C/CN2CCN(Cc3ccc(C)cc3)[C@@H](CCO)C2)cc1. The van der Waals surface area contributed by atoms with Crippen LogP contribution < -0.4 is 4.74 Å². The van der Waals surface area contributed by atoms with E-state index in [1.165, 1.54) is 16.7 Å². The molecular weight excluding hydrogens is 348 g/mol. The molecule has 2 aromatic rings. The minimum Gasteiger partial charge on any atom is -0.497 e. The first kappa shape index (κ1) is 20.6. The highest BCUT2D eigenvalue weighted by atomic mass is 16.5. The van der Waals surface area contributed by atoms with Crippen LogP contribution in [0.3, 0.4) is 0 Å². The number of hydrogen-bond donors (Lipinski definition) is 1. The Kier molecular flexibility index (Phi) is 7.66. The van der Waals surface area contributed by atoms with Crippen molar-refractivity contribution in [1.29, 1.82) is 0 Å². The second-order valence-corrected chi connectivity index (χ2v) is 7.56. The van der Waals surface area contributed by atoms with Crippen LogP contribution in [0.4, 0.5) is 0 Å². The third-order valence-corrected chi connectivity index (χ3v) is 5.45. The molecule has 0 amide bonds. The lowest BCUT2D eigenvalue weighted by Gasteiger charge is -2.41. The summed E-state index contributed by atoms with van der Waals surface area (Å²) in [6, 6.07) is 17.3. The van der Waals surface area contributed by atoms with Gasteiger partial charge < -0.3 is 9.84 Å². The topological polar surface area (TPSA) is 35.9 Å². The fourth-order valence-corrected chi connectivity index (χ4v) is 3.73. The molecule has 1 aliphatic heterocycles. The van der Waals surface area contributed by atoms with E-state index in [0.29, 0.717) is 6.04 Å². The Bertz CT molecular complexity index is 740. The molecule has 4 heteroatoms. The van der Waals surface area contributed by atoms with E-state index in [9.17, 15) is 5.11 Å². The molecule has 0 aromatic heterocycles. The maximum Gasteiger partial charge on any atom is 0.118 e. The molecule has 0 saturated carbocycles. The molecule has 1 fully saturated rings. The van der Waals surface area contributed by atoms with Crippen molar-refractivity contribution in [2.45, 2.75) is 25.9 Å². The van der Waals surface area contributed by atoms with Crippen molar-refractivity contribution in [3.8, 4) is 5.75 Å². The lowest BCUT2D eigenvalue weighted by molar-refractivity contribution is 0.0597. The highest BCUT2D eigenvalue weighted by Crippen LogP contribution is 2.17. The third kappa shape index (κ3) is 5.93. The van der Waals surface area contributed by atoms with Gasteiger partial charge in [0.2, 0.25) is 0 Å². The van der Waals surface area contributed by atoms with Crippen molar-refractivity contribution in [2.24, 2.45) is 0 Å². The number of aliphatic hydroxyl groups is 1. The van der Waals surface area contributed by atoms with Gasteiger partial charge in [-0.1, -0.05) is 54.1 Å². The fourth-order valence-electron chi connectivity index (χ4n) is 3.73. The Hall–Kier alpha value is -2.14. The van der Waals surface area contributed by atoms with Crippen molar-refractivity contribution in [3.63, 3.8) is 0 Å². The number of aryl methyl sites for hydroxylation is 1. The highest BCUT2D eigenvalue weighted by Gasteiger charge is 2.25. The maximum absolute atomic E-state index is 9.52. The van der Waals surface area contributed by atoms with Gasteiger partial charge in [0, 0.05) is 45.4 Å². The number of benzene rings is 2. The van der Waals surface area contributed by atoms with Crippen LogP contribution in [0.15, 0.2) is 54.6 Å². The summed E-state index contributed by atoms with van der Waals surface area (Å²) < 4.78 is 5.20. The van der Waals surface area contributed by atoms with E-state index in [4.69, 9.17) is 4.74 Å². The van der Waals surface area contributed by atoms with E-state index in [-0.39, 0.29) is 6.61 Å². The molecule has 4 nitrogen and oxygen atoms in total. The Morgan fingerprint density at radius 1 is 1.07 bits per heavy atom. The number of methoxy groups -OCH3 is 1. The first-order valence-corrected chi connectivity index (χ1v) is 10.1. The molecule has 0 radical (unpaired) electrons. The lowest BCUT2D eigenvalue weighted by Crippen LogP contribution is -2.52. The first-order chi connectivity index (χ1) is 13.7. The summed E-state index contributed by atoms with van der Waals surface area (Å²) in [5.74, 6) is 0.883. The summed E-state index contributed by atoms with van der Waals surface area (Å²) >= 11 is 0. The molecule has 28 heavy (non-hydrogen) atoms. The summed E-state index contributed by atoms with van der Waals surface area (Å²) in [6.07, 6.45) is 5.22. The average molecular weight is 381 g/mol. The van der Waals surface area contributed by atoms with Crippen LogP contribution in [-0.2, 0) is 6.54 Å². The molecule has 3 rings (SSSR count). The molecule has 1 heterocycles. The van der Waals surface area contributed by atoms with Gasteiger partial charge in [-0.05, 0) is 36.6 Å². The molecule has 2 aromatic carbocycles. The minimum absolute atomic E-state index is 0.241. The summed E-state index contributed by atoms with van der Waals surface area (Å²) in [6.45, 7) is 7.35. The van der Waals surface area contributed by atoms with Crippen LogP contribution in [0, 0.1) is 6.92 Å². The molecule has 0 spiro atoms. The smallest absolute Gasteiger partial charge is 0.118 e. The van der Waals surface area contributed by atoms with Crippen molar-refractivity contribution < 1.29 is 9.84 Å². The normalized spacial score (nSPS) is 18.6. The minimum atomic E-state index is 0.241. The van der Waals surface area contributed by atoms with Gasteiger partial charge in [0.25, 0.3) is 0 Å².